The minimum Gasteiger partial charge on any atom is -0.507 e. The lowest BCUT2D eigenvalue weighted by atomic mass is 10.2. The number of anilines is 1. The van der Waals surface area contributed by atoms with Crippen LogP contribution in [0.5, 0.6) is 5.75 Å². The predicted octanol–water partition coefficient (Wildman–Crippen LogP) is 0.921. The van der Waals surface area contributed by atoms with E-state index in [9.17, 15) is 9.90 Å². The number of nitrogens with zero attached hydrogens (tertiary/aromatic N) is 2. The first-order valence-electron chi connectivity index (χ1n) is 4.88. The third-order valence-electron chi connectivity index (χ3n) is 1.98. The number of aromatic hydroxyl groups is 1. The molecule has 0 aliphatic carbocycles. The Morgan fingerprint density at radius 1 is 1.35 bits per heavy atom. The average Bonchev–Trinajstić information content (AvgIpc) is 2.32. The summed E-state index contributed by atoms with van der Waals surface area (Å²) in [5.41, 5.74) is 2.86. The van der Waals surface area contributed by atoms with Crippen molar-refractivity contribution in [2.24, 2.45) is 5.10 Å². The van der Waals surface area contributed by atoms with Crippen molar-refractivity contribution in [3.63, 3.8) is 0 Å². The van der Waals surface area contributed by atoms with Crippen molar-refractivity contribution < 1.29 is 5.11 Å². The number of aromatic amines is 1. The highest BCUT2D eigenvalue weighted by Crippen LogP contribution is 2.12. The molecule has 0 spiro atoms. The molecule has 0 atom stereocenters. The summed E-state index contributed by atoms with van der Waals surface area (Å²) in [6.45, 7) is 0. The molecule has 6 heteroatoms. The summed E-state index contributed by atoms with van der Waals surface area (Å²) >= 11 is 0. The van der Waals surface area contributed by atoms with Crippen LogP contribution in [0.4, 0.5) is 5.95 Å². The maximum atomic E-state index is 11.0. The Balaban J connectivity index is 2.08. The number of aromatic nitrogens is 2. The van der Waals surface area contributed by atoms with Crippen molar-refractivity contribution >= 4 is 12.2 Å². The Kier molecular flexibility index (Phi) is 3.15. The summed E-state index contributed by atoms with van der Waals surface area (Å²) in [4.78, 5) is 17.3. The lowest BCUT2D eigenvalue weighted by molar-refractivity contribution is 0.474. The Morgan fingerprint density at radius 2 is 2.18 bits per heavy atom. The van der Waals surface area contributed by atoms with Gasteiger partial charge >= 0.3 is 0 Å². The van der Waals surface area contributed by atoms with Crippen LogP contribution in [0, 0.1) is 0 Å². The van der Waals surface area contributed by atoms with Gasteiger partial charge in [-0.1, -0.05) is 12.1 Å². The second kappa shape index (κ2) is 4.93. The molecule has 1 aromatic carbocycles. The Morgan fingerprint density at radius 3 is 2.94 bits per heavy atom. The molecule has 6 nitrogen and oxygen atoms in total. The number of hydrazone groups is 1. The van der Waals surface area contributed by atoms with Crippen LogP contribution in [0.3, 0.4) is 0 Å². The fraction of sp³-hybridized carbons (Fsp3) is 0. The highest BCUT2D eigenvalue weighted by molar-refractivity contribution is 5.83. The van der Waals surface area contributed by atoms with E-state index in [0.29, 0.717) is 5.56 Å². The van der Waals surface area contributed by atoms with E-state index in [2.05, 4.69) is 20.5 Å². The number of nitrogens with one attached hydrogen (secondary N) is 2. The van der Waals surface area contributed by atoms with Gasteiger partial charge in [0.2, 0.25) is 5.95 Å². The first kappa shape index (κ1) is 10.9. The second-order valence-electron chi connectivity index (χ2n) is 3.21. The lowest BCUT2D eigenvalue weighted by Gasteiger charge is -1.98. The van der Waals surface area contributed by atoms with Crippen LogP contribution in [0.1, 0.15) is 5.56 Å². The number of para-hydroxylation sites is 1. The Bertz CT molecular complexity index is 592. The quantitative estimate of drug-likeness (QED) is 0.540. The molecule has 3 N–H and O–H groups in total. The number of phenols is 1. The molecule has 0 bridgehead atoms. The monoisotopic (exact) mass is 230 g/mol. The number of phenolic OH excluding ortho intramolecular Hbond substituents is 1. The van der Waals surface area contributed by atoms with Gasteiger partial charge in [-0.3, -0.25) is 9.78 Å². The first-order chi connectivity index (χ1) is 8.25. The van der Waals surface area contributed by atoms with Crippen LogP contribution in [-0.4, -0.2) is 21.3 Å². The number of rotatable bonds is 3. The van der Waals surface area contributed by atoms with Crippen molar-refractivity contribution in [1.82, 2.24) is 9.97 Å². The van der Waals surface area contributed by atoms with Gasteiger partial charge in [-0.05, 0) is 12.1 Å². The van der Waals surface area contributed by atoms with Crippen LogP contribution >= 0.6 is 0 Å². The highest BCUT2D eigenvalue weighted by Gasteiger charge is 1.95. The van der Waals surface area contributed by atoms with E-state index < -0.39 is 0 Å². The van der Waals surface area contributed by atoms with Crippen LogP contribution in [-0.2, 0) is 0 Å². The van der Waals surface area contributed by atoms with Crippen LogP contribution in [0.25, 0.3) is 0 Å². The normalized spacial score (nSPS) is 10.6. The molecule has 1 heterocycles. The molecular weight excluding hydrogens is 220 g/mol. The molecule has 0 aliphatic heterocycles. The maximum absolute atomic E-state index is 11.0. The van der Waals surface area contributed by atoms with E-state index >= 15 is 0 Å². The molecule has 2 rings (SSSR count). The zero-order chi connectivity index (χ0) is 12.1. The smallest absolute Gasteiger partial charge is 0.252 e. The molecule has 0 saturated heterocycles. The maximum Gasteiger partial charge on any atom is 0.252 e. The predicted molar refractivity (Wildman–Crippen MR) is 64.2 cm³/mol. The number of hydrogen-bond acceptors (Lipinski definition) is 5. The van der Waals surface area contributed by atoms with Crippen LogP contribution in [0.15, 0.2) is 46.4 Å². The summed E-state index contributed by atoms with van der Waals surface area (Å²) in [6, 6.07) is 8.07. The third-order valence-corrected chi connectivity index (χ3v) is 1.98. The van der Waals surface area contributed by atoms with Crippen molar-refractivity contribution in [2.45, 2.75) is 0 Å². The van der Waals surface area contributed by atoms with E-state index in [1.807, 2.05) is 0 Å². The summed E-state index contributed by atoms with van der Waals surface area (Å²) in [6.07, 6.45) is 2.80. The van der Waals surface area contributed by atoms with Crippen molar-refractivity contribution in [2.75, 3.05) is 5.43 Å². The Labute approximate surface area is 96.7 Å². The highest BCUT2D eigenvalue weighted by atomic mass is 16.3. The van der Waals surface area contributed by atoms with Gasteiger partial charge in [-0.15, -0.1) is 0 Å². The average molecular weight is 230 g/mol. The largest absolute Gasteiger partial charge is 0.507 e. The molecule has 17 heavy (non-hydrogen) atoms. The van der Waals surface area contributed by atoms with Gasteiger partial charge in [-0.2, -0.15) is 5.10 Å². The van der Waals surface area contributed by atoms with Gasteiger partial charge in [0, 0.05) is 17.8 Å². The summed E-state index contributed by atoms with van der Waals surface area (Å²) in [5.74, 6) is 0.372. The minimum atomic E-state index is -0.264. The second-order valence-corrected chi connectivity index (χ2v) is 3.21. The molecule has 0 amide bonds. The number of benzene rings is 1. The summed E-state index contributed by atoms with van der Waals surface area (Å²) in [5, 5.41) is 13.3. The molecule has 86 valence electrons. The number of H-pyrrole nitrogens is 1. The third kappa shape index (κ3) is 2.91. The SMILES string of the molecule is O=c1ccnc(N/N=C\c2ccccc2O)[nH]1. The Hall–Kier alpha value is -2.63. The van der Waals surface area contributed by atoms with Gasteiger partial charge in [0.05, 0.1) is 6.21 Å². The van der Waals surface area contributed by atoms with Gasteiger partial charge in [0.1, 0.15) is 5.75 Å². The summed E-state index contributed by atoms with van der Waals surface area (Å²) in [7, 11) is 0. The van der Waals surface area contributed by atoms with Crippen LogP contribution in [0.2, 0.25) is 0 Å². The standard InChI is InChI=1S/C11H10N4O2/c16-9-4-2-1-3-8(9)7-13-15-11-12-6-5-10(17)14-11/h1-7,16H,(H2,12,14,15,17)/b13-7-. The zero-order valence-electron chi connectivity index (χ0n) is 8.79. The van der Waals surface area contributed by atoms with Crippen LogP contribution < -0.4 is 11.0 Å². The molecule has 0 radical (unpaired) electrons. The van der Waals surface area contributed by atoms with Crippen molar-refractivity contribution in [1.29, 1.82) is 0 Å². The van der Waals surface area contributed by atoms with Gasteiger partial charge in [0.25, 0.3) is 5.56 Å². The molecule has 2 aromatic rings. The van der Waals surface area contributed by atoms with E-state index in [4.69, 9.17) is 0 Å². The van der Waals surface area contributed by atoms with E-state index in [-0.39, 0.29) is 17.3 Å². The molecule has 0 fully saturated rings. The zero-order valence-corrected chi connectivity index (χ0v) is 8.79. The van der Waals surface area contributed by atoms with Gasteiger partial charge in [0.15, 0.2) is 0 Å². The van der Waals surface area contributed by atoms with Crippen molar-refractivity contribution in [3.05, 3.63) is 52.4 Å². The lowest BCUT2D eigenvalue weighted by Crippen LogP contribution is -2.07. The molecule has 0 unspecified atom stereocenters. The topological polar surface area (TPSA) is 90.4 Å². The molecule has 0 aliphatic rings. The van der Waals surface area contributed by atoms with E-state index in [1.165, 1.54) is 18.5 Å². The van der Waals surface area contributed by atoms with E-state index in [1.54, 1.807) is 24.3 Å². The fourth-order valence-corrected chi connectivity index (χ4v) is 1.19. The molecular formula is C11H10N4O2. The van der Waals surface area contributed by atoms with E-state index in [0.717, 1.165) is 0 Å². The van der Waals surface area contributed by atoms with Crippen molar-refractivity contribution in [3.8, 4) is 5.75 Å². The van der Waals surface area contributed by atoms with Gasteiger partial charge in [-0.25, -0.2) is 10.4 Å². The van der Waals surface area contributed by atoms with Gasteiger partial charge < -0.3 is 5.11 Å². The summed E-state index contributed by atoms with van der Waals surface area (Å²) < 4.78 is 0. The fourth-order valence-electron chi connectivity index (χ4n) is 1.19. The minimum absolute atomic E-state index is 0.132. The molecule has 0 saturated carbocycles. The molecule has 1 aromatic heterocycles. The number of hydrogen-bond donors (Lipinski definition) is 3. The first-order valence-corrected chi connectivity index (χ1v) is 4.88.